The Hall–Kier alpha value is -1.20. The van der Waals surface area contributed by atoms with E-state index in [1.165, 1.54) is 6.07 Å². The molecule has 0 bridgehead atoms. The quantitative estimate of drug-likeness (QED) is 0.916. The Morgan fingerprint density at radius 3 is 2.75 bits per heavy atom. The van der Waals surface area contributed by atoms with Crippen molar-refractivity contribution in [2.75, 3.05) is 0 Å². The topological polar surface area (TPSA) is 38.1 Å². The summed E-state index contributed by atoms with van der Waals surface area (Å²) in [7, 11) is 0. The van der Waals surface area contributed by atoms with E-state index >= 15 is 0 Å². The van der Waals surface area contributed by atoms with Gasteiger partial charge in [-0.1, -0.05) is 22.9 Å². The lowest BCUT2D eigenvalue weighted by atomic mass is 10.1. The Bertz CT molecular complexity index is 625. The average molecular weight is 341 g/mol. The van der Waals surface area contributed by atoms with Crippen molar-refractivity contribution in [1.82, 2.24) is 9.78 Å². The van der Waals surface area contributed by atoms with Gasteiger partial charge in [-0.15, -0.1) is 0 Å². The number of rotatable bonds is 4. The lowest BCUT2D eigenvalue weighted by Gasteiger charge is -2.10. The van der Waals surface area contributed by atoms with Gasteiger partial charge in [-0.25, -0.2) is 4.39 Å². The zero-order valence-corrected chi connectivity index (χ0v) is 13.4. The van der Waals surface area contributed by atoms with Gasteiger partial charge in [-0.3, -0.25) is 4.68 Å². The SMILES string of the molecule is CCC(O)c1c(C)nn(Cc2cc(Br)ccc2F)c1C. The standard InChI is InChI=1S/C15H18BrFN2O/c1-4-14(20)15-9(2)18-19(10(15)3)8-11-7-12(16)5-6-13(11)17/h5-7,14,20H,4,8H2,1-3H3. The van der Waals surface area contributed by atoms with Crippen molar-refractivity contribution in [3.8, 4) is 0 Å². The number of aryl methyl sites for hydroxylation is 1. The number of aliphatic hydroxyl groups excluding tert-OH is 1. The summed E-state index contributed by atoms with van der Waals surface area (Å²) in [5, 5.41) is 14.5. The van der Waals surface area contributed by atoms with Crippen LogP contribution in [-0.4, -0.2) is 14.9 Å². The van der Waals surface area contributed by atoms with Gasteiger partial charge in [0.1, 0.15) is 5.82 Å². The second-order valence-electron chi connectivity index (χ2n) is 4.90. The van der Waals surface area contributed by atoms with Crippen LogP contribution in [0.3, 0.4) is 0 Å². The van der Waals surface area contributed by atoms with Gasteiger partial charge in [0.2, 0.25) is 0 Å². The highest BCUT2D eigenvalue weighted by molar-refractivity contribution is 9.10. The first kappa shape index (κ1) is 15.2. The maximum atomic E-state index is 13.8. The maximum Gasteiger partial charge on any atom is 0.128 e. The highest BCUT2D eigenvalue weighted by Crippen LogP contribution is 2.25. The minimum absolute atomic E-state index is 0.252. The van der Waals surface area contributed by atoms with Crippen LogP contribution in [0.4, 0.5) is 4.39 Å². The molecule has 0 aliphatic carbocycles. The molecule has 0 amide bonds. The molecule has 0 saturated carbocycles. The van der Waals surface area contributed by atoms with Crippen molar-refractivity contribution in [1.29, 1.82) is 0 Å². The Kier molecular flexibility index (Phi) is 4.60. The van der Waals surface area contributed by atoms with E-state index in [9.17, 15) is 9.50 Å². The molecule has 0 aliphatic heterocycles. The van der Waals surface area contributed by atoms with Crippen molar-refractivity contribution < 1.29 is 9.50 Å². The monoisotopic (exact) mass is 340 g/mol. The van der Waals surface area contributed by atoms with Gasteiger partial charge < -0.3 is 5.11 Å². The van der Waals surface area contributed by atoms with Crippen molar-refractivity contribution in [3.05, 3.63) is 51.0 Å². The third-order valence-electron chi connectivity index (χ3n) is 3.49. The Morgan fingerprint density at radius 2 is 2.10 bits per heavy atom. The van der Waals surface area contributed by atoms with Gasteiger partial charge in [-0.2, -0.15) is 5.10 Å². The predicted molar refractivity (Wildman–Crippen MR) is 80.2 cm³/mol. The molecule has 2 rings (SSSR count). The number of aromatic nitrogens is 2. The zero-order valence-electron chi connectivity index (χ0n) is 11.8. The van der Waals surface area contributed by atoms with E-state index in [4.69, 9.17) is 0 Å². The molecule has 1 atom stereocenters. The molecule has 20 heavy (non-hydrogen) atoms. The summed E-state index contributed by atoms with van der Waals surface area (Å²) in [4.78, 5) is 0. The molecule has 1 N–H and O–H groups in total. The summed E-state index contributed by atoms with van der Waals surface area (Å²) in [6.45, 7) is 6.06. The first-order valence-corrected chi connectivity index (χ1v) is 7.39. The van der Waals surface area contributed by atoms with Crippen LogP contribution in [0.1, 0.15) is 42.0 Å². The van der Waals surface area contributed by atoms with E-state index in [0.29, 0.717) is 18.5 Å². The minimum Gasteiger partial charge on any atom is -0.388 e. The molecule has 2 aromatic rings. The second-order valence-corrected chi connectivity index (χ2v) is 5.82. The molecule has 108 valence electrons. The molecule has 3 nitrogen and oxygen atoms in total. The number of hydrogen-bond acceptors (Lipinski definition) is 2. The normalized spacial score (nSPS) is 12.7. The molecule has 1 aromatic heterocycles. The van der Waals surface area contributed by atoms with Gasteiger partial charge in [0.15, 0.2) is 0 Å². The maximum absolute atomic E-state index is 13.8. The van der Waals surface area contributed by atoms with Gasteiger partial charge in [-0.05, 0) is 38.5 Å². The fraction of sp³-hybridized carbons (Fsp3) is 0.400. The third-order valence-corrected chi connectivity index (χ3v) is 3.98. The van der Waals surface area contributed by atoms with Crippen LogP contribution >= 0.6 is 15.9 Å². The summed E-state index contributed by atoms with van der Waals surface area (Å²) >= 11 is 3.35. The van der Waals surface area contributed by atoms with Crippen LogP contribution in [0.5, 0.6) is 0 Å². The summed E-state index contributed by atoms with van der Waals surface area (Å²) in [6, 6.07) is 4.86. The number of nitrogens with zero attached hydrogens (tertiary/aromatic N) is 2. The summed E-state index contributed by atoms with van der Waals surface area (Å²) in [5.74, 6) is -0.252. The Labute approximate surface area is 126 Å². The van der Waals surface area contributed by atoms with Crippen LogP contribution in [0.2, 0.25) is 0 Å². The van der Waals surface area contributed by atoms with Crippen molar-refractivity contribution >= 4 is 15.9 Å². The fourth-order valence-corrected chi connectivity index (χ4v) is 2.79. The van der Waals surface area contributed by atoms with Gasteiger partial charge in [0.05, 0.1) is 18.3 Å². The van der Waals surface area contributed by atoms with Crippen LogP contribution in [0, 0.1) is 19.7 Å². The molecule has 0 aliphatic rings. The molecular weight excluding hydrogens is 323 g/mol. The van der Waals surface area contributed by atoms with Crippen molar-refractivity contribution in [2.45, 2.75) is 39.8 Å². The van der Waals surface area contributed by atoms with Gasteiger partial charge in [0, 0.05) is 21.3 Å². The molecule has 0 radical (unpaired) electrons. The summed E-state index contributed by atoms with van der Waals surface area (Å²) in [6.07, 6.45) is 0.120. The molecular formula is C15H18BrFN2O. The molecule has 0 fully saturated rings. The van der Waals surface area contributed by atoms with Crippen LogP contribution < -0.4 is 0 Å². The largest absolute Gasteiger partial charge is 0.388 e. The Morgan fingerprint density at radius 1 is 1.40 bits per heavy atom. The highest BCUT2D eigenvalue weighted by atomic mass is 79.9. The smallest absolute Gasteiger partial charge is 0.128 e. The average Bonchev–Trinajstić information content (AvgIpc) is 2.68. The van der Waals surface area contributed by atoms with Gasteiger partial charge in [0.25, 0.3) is 0 Å². The number of halogens is 2. The molecule has 1 unspecified atom stereocenters. The van der Waals surface area contributed by atoms with Gasteiger partial charge >= 0.3 is 0 Å². The molecule has 0 saturated heterocycles. The third kappa shape index (κ3) is 2.94. The highest BCUT2D eigenvalue weighted by Gasteiger charge is 2.18. The van der Waals surface area contributed by atoms with E-state index in [1.54, 1.807) is 16.8 Å². The van der Waals surface area contributed by atoms with E-state index in [0.717, 1.165) is 21.4 Å². The first-order valence-electron chi connectivity index (χ1n) is 6.60. The first-order chi connectivity index (χ1) is 9.43. The fourth-order valence-electron chi connectivity index (χ4n) is 2.38. The molecule has 0 spiro atoms. The van der Waals surface area contributed by atoms with Crippen molar-refractivity contribution in [3.63, 3.8) is 0 Å². The van der Waals surface area contributed by atoms with E-state index in [1.807, 2.05) is 20.8 Å². The molecule has 1 aromatic carbocycles. The van der Waals surface area contributed by atoms with E-state index in [2.05, 4.69) is 21.0 Å². The van der Waals surface area contributed by atoms with Crippen molar-refractivity contribution in [2.24, 2.45) is 0 Å². The summed E-state index contributed by atoms with van der Waals surface area (Å²) < 4.78 is 16.4. The van der Waals surface area contributed by atoms with Crippen LogP contribution in [-0.2, 0) is 6.54 Å². The number of aliphatic hydroxyl groups is 1. The number of benzene rings is 1. The Balaban J connectivity index is 2.37. The van der Waals surface area contributed by atoms with Crippen LogP contribution in [0.15, 0.2) is 22.7 Å². The lowest BCUT2D eigenvalue weighted by molar-refractivity contribution is 0.172. The lowest BCUT2D eigenvalue weighted by Crippen LogP contribution is -2.07. The van der Waals surface area contributed by atoms with Crippen LogP contribution in [0.25, 0.3) is 0 Å². The van der Waals surface area contributed by atoms with E-state index in [-0.39, 0.29) is 5.82 Å². The predicted octanol–water partition coefficient (Wildman–Crippen LogP) is 3.89. The number of hydrogen-bond donors (Lipinski definition) is 1. The summed E-state index contributed by atoms with van der Waals surface area (Å²) in [5.41, 5.74) is 3.11. The van der Waals surface area contributed by atoms with E-state index < -0.39 is 6.10 Å². The molecule has 5 heteroatoms. The second kappa shape index (κ2) is 6.06. The zero-order chi connectivity index (χ0) is 14.9. The minimum atomic E-state index is -0.517. The molecule has 1 heterocycles.